The summed E-state index contributed by atoms with van der Waals surface area (Å²) in [4.78, 5) is 12.9. The molecular formula is C12H23NO3. The summed E-state index contributed by atoms with van der Waals surface area (Å²) in [5, 5.41) is 18.4. The molecule has 1 rings (SSSR count). The first kappa shape index (κ1) is 13.3. The Hall–Kier alpha value is -0.770. The van der Waals surface area contributed by atoms with E-state index in [1.54, 1.807) is 4.90 Å². The van der Waals surface area contributed by atoms with Crippen molar-refractivity contribution >= 4 is 6.09 Å². The van der Waals surface area contributed by atoms with Crippen LogP contribution in [0.3, 0.4) is 0 Å². The zero-order chi connectivity index (χ0) is 12.3. The minimum Gasteiger partial charge on any atom is -0.465 e. The number of hydrogen-bond acceptors (Lipinski definition) is 2. The lowest BCUT2D eigenvalue weighted by Crippen LogP contribution is -2.52. The molecule has 0 bridgehead atoms. The molecule has 94 valence electrons. The third-order valence-electron chi connectivity index (χ3n) is 3.31. The Morgan fingerprint density at radius 3 is 2.44 bits per heavy atom. The van der Waals surface area contributed by atoms with Crippen molar-refractivity contribution < 1.29 is 15.0 Å². The molecular weight excluding hydrogens is 206 g/mol. The summed E-state index contributed by atoms with van der Waals surface area (Å²) in [5.74, 6) is 0.267. The number of aliphatic hydroxyl groups excluding tert-OH is 1. The van der Waals surface area contributed by atoms with Crippen LogP contribution in [-0.4, -0.2) is 39.4 Å². The number of carbonyl (C=O) groups is 1. The summed E-state index contributed by atoms with van der Waals surface area (Å²) in [5.41, 5.74) is -0.367. The van der Waals surface area contributed by atoms with Gasteiger partial charge in [0.25, 0.3) is 0 Å². The molecule has 0 spiro atoms. The first-order valence-electron chi connectivity index (χ1n) is 5.99. The van der Waals surface area contributed by atoms with Crippen LogP contribution in [0.2, 0.25) is 0 Å². The lowest BCUT2D eigenvalue weighted by atomic mass is 9.84. The fourth-order valence-electron chi connectivity index (χ4n) is 2.65. The molecule has 0 aromatic heterocycles. The summed E-state index contributed by atoms with van der Waals surface area (Å²) >= 11 is 0. The van der Waals surface area contributed by atoms with Crippen LogP contribution in [0.1, 0.15) is 46.5 Å². The molecule has 0 saturated heterocycles. The molecule has 1 amide bonds. The van der Waals surface area contributed by atoms with Gasteiger partial charge in [0, 0.05) is 18.2 Å². The number of rotatable bonds is 2. The molecule has 2 atom stereocenters. The molecule has 0 unspecified atom stereocenters. The molecule has 4 nitrogen and oxygen atoms in total. The Kier molecular flexibility index (Phi) is 4.19. The third kappa shape index (κ3) is 3.11. The minimum absolute atomic E-state index is 0.0587. The second-order valence-electron chi connectivity index (χ2n) is 5.69. The first-order chi connectivity index (χ1) is 7.36. The maximum Gasteiger partial charge on any atom is 0.407 e. The highest BCUT2D eigenvalue weighted by atomic mass is 16.4. The quantitative estimate of drug-likeness (QED) is 0.764. The molecule has 0 aromatic carbocycles. The Balaban J connectivity index is 2.75. The van der Waals surface area contributed by atoms with E-state index in [1.165, 1.54) is 0 Å². The Morgan fingerprint density at radius 1 is 1.38 bits per heavy atom. The van der Waals surface area contributed by atoms with Crippen LogP contribution in [0.15, 0.2) is 0 Å². The molecule has 0 heterocycles. The van der Waals surface area contributed by atoms with E-state index in [2.05, 4.69) is 0 Å². The van der Waals surface area contributed by atoms with E-state index in [4.69, 9.17) is 5.11 Å². The Bertz CT molecular complexity index is 247. The first-order valence-corrected chi connectivity index (χ1v) is 5.99. The van der Waals surface area contributed by atoms with Gasteiger partial charge in [0.1, 0.15) is 0 Å². The number of amides is 1. The molecule has 0 radical (unpaired) electrons. The van der Waals surface area contributed by atoms with E-state index in [0.29, 0.717) is 0 Å². The van der Waals surface area contributed by atoms with E-state index in [-0.39, 0.29) is 24.1 Å². The van der Waals surface area contributed by atoms with Crippen LogP contribution in [0, 0.1) is 5.92 Å². The Morgan fingerprint density at radius 2 is 2.00 bits per heavy atom. The summed E-state index contributed by atoms with van der Waals surface area (Å²) in [7, 11) is 0. The van der Waals surface area contributed by atoms with Gasteiger partial charge in [-0.1, -0.05) is 6.42 Å². The summed E-state index contributed by atoms with van der Waals surface area (Å²) in [6, 6.07) is 0.0587. The number of aliphatic hydroxyl groups is 1. The SMILES string of the molecule is CC(C)(C)N(C(=O)O)[C@@H]1CCC[C@@H](CO)C1. The minimum atomic E-state index is -0.851. The highest BCUT2D eigenvalue weighted by Gasteiger charge is 2.35. The average Bonchev–Trinajstić information content (AvgIpc) is 2.15. The summed E-state index contributed by atoms with van der Waals surface area (Å²) in [6.07, 6.45) is 2.89. The molecule has 0 aliphatic heterocycles. The van der Waals surface area contributed by atoms with Crippen molar-refractivity contribution in [3.05, 3.63) is 0 Å². The standard InChI is InChI=1S/C12H23NO3/c1-12(2,3)13(11(15)16)10-6-4-5-9(7-10)8-14/h9-10,14H,4-8H2,1-3H3,(H,15,16)/t9-,10-/m1/s1. The zero-order valence-corrected chi connectivity index (χ0v) is 10.4. The van der Waals surface area contributed by atoms with Crippen LogP contribution < -0.4 is 0 Å². The van der Waals surface area contributed by atoms with E-state index >= 15 is 0 Å². The molecule has 2 N–H and O–H groups in total. The van der Waals surface area contributed by atoms with E-state index in [9.17, 15) is 9.90 Å². The predicted octanol–water partition coefficient (Wildman–Crippen LogP) is 2.32. The molecule has 1 fully saturated rings. The molecule has 16 heavy (non-hydrogen) atoms. The normalized spacial score (nSPS) is 26.5. The largest absolute Gasteiger partial charge is 0.465 e. The monoisotopic (exact) mass is 229 g/mol. The lowest BCUT2D eigenvalue weighted by Gasteiger charge is -2.42. The van der Waals surface area contributed by atoms with Crippen LogP contribution in [0.25, 0.3) is 0 Å². The maximum atomic E-state index is 11.3. The summed E-state index contributed by atoms with van der Waals surface area (Å²) < 4.78 is 0. The van der Waals surface area contributed by atoms with Crippen molar-refractivity contribution in [2.45, 2.75) is 58.0 Å². The van der Waals surface area contributed by atoms with Crippen molar-refractivity contribution in [1.29, 1.82) is 0 Å². The second kappa shape index (κ2) is 5.04. The average molecular weight is 229 g/mol. The number of carboxylic acid groups (broad SMARTS) is 1. The van der Waals surface area contributed by atoms with Crippen LogP contribution in [0.4, 0.5) is 4.79 Å². The fourth-order valence-corrected chi connectivity index (χ4v) is 2.65. The molecule has 1 aliphatic carbocycles. The Labute approximate surface area is 97.3 Å². The van der Waals surface area contributed by atoms with Gasteiger partial charge in [0.05, 0.1) is 0 Å². The van der Waals surface area contributed by atoms with E-state index in [1.807, 2.05) is 20.8 Å². The van der Waals surface area contributed by atoms with Crippen molar-refractivity contribution in [2.24, 2.45) is 5.92 Å². The van der Waals surface area contributed by atoms with E-state index in [0.717, 1.165) is 25.7 Å². The predicted molar refractivity (Wildman–Crippen MR) is 62.4 cm³/mol. The maximum absolute atomic E-state index is 11.3. The molecule has 1 saturated carbocycles. The van der Waals surface area contributed by atoms with Gasteiger partial charge in [-0.15, -0.1) is 0 Å². The number of nitrogens with zero attached hydrogens (tertiary/aromatic N) is 1. The molecule has 0 aromatic rings. The molecule has 4 heteroatoms. The zero-order valence-electron chi connectivity index (χ0n) is 10.4. The lowest BCUT2D eigenvalue weighted by molar-refractivity contribution is 0.0393. The molecule has 1 aliphatic rings. The van der Waals surface area contributed by atoms with Crippen LogP contribution >= 0.6 is 0 Å². The van der Waals surface area contributed by atoms with Crippen LogP contribution in [0.5, 0.6) is 0 Å². The third-order valence-corrected chi connectivity index (χ3v) is 3.31. The van der Waals surface area contributed by atoms with Crippen molar-refractivity contribution in [2.75, 3.05) is 6.61 Å². The highest BCUT2D eigenvalue weighted by molar-refractivity contribution is 5.66. The van der Waals surface area contributed by atoms with Gasteiger partial charge >= 0.3 is 6.09 Å². The van der Waals surface area contributed by atoms with Gasteiger partial charge in [-0.25, -0.2) is 4.79 Å². The van der Waals surface area contributed by atoms with Crippen LogP contribution in [-0.2, 0) is 0 Å². The van der Waals surface area contributed by atoms with Gasteiger partial charge in [-0.05, 0) is 46.0 Å². The highest BCUT2D eigenvalue weighted by Crippen LogP contribution is 2.31. The van der Waals surface area contributed by atoms with Crippen molar-refractivity contribution in [3.8, 4) is 0 Å². The van der Waals surface area contributed by atoms with E-state index < -0.39 is 6.09 Å². The van der Waals surface area contributed by atoms with Gasteiger partial charge < -0.3 is 15.1 Å². The van der Waals surface area contributed by atoms with Gasteiger partial charge in [-0.3, -0.25) is 0 Å². The van der Waals surface area contributed by atoms with Gasteiger partial charge in [-0.2, -0.15) is 0 Å². The summed E-state index contributed by atoms with van der Waals surface area (Å²) in [6.45, 7) is 5.94. The van der Waals surface area contributed by atoms with Crippen molar-refractivity contribution in [3.63, 3.8) is 0 Å². The van der Waals surface area contributed by atoms with Gasteiger partial charge in [0.2, 0.25) is 0 Å². The fraction of sp³-hybridized carbons (Fsp3) is 0.917. The second-order valence-corrected chi connectivity index (χ2v) is 5.69. The number of hydrogen-bond donors (Lipinski definition) is 2. The van der Waals surface area contributed by atoms with Gasteiger partial charge in [0.15, 0.2) is 0 Å². The smallest absolute Gasteiger partial charge is 0.407 e. The topological polar surface area (TPSA) is 60.8 Å². The van der Waals surface area contributed by atoms with Crippen molar-refractivity contribution in [1.82, 2.24) is 4.90 Å².